The van der Waals surface area contributed by atoms with Gasteiger partial charge in [-0.1, -0.05) is 0 Å². The zero-order chi connectivity index (χ0) is 23.3. The maximum absolute atomic E-state index is 12.0. The molecule has 32 heavy (non-hydrogen) atoms. The normalized spacial score (nSPS) is 15.9. The summed E-state index contributed by atoms with van der Waals surface area (Å²) in [5, 5.41) is 11.3. The summed E-state index contributed by atoms with van der Waals surface area (Å²) in [6.45, 7) is 4.66. The molecule has 0 saturated heterocycles. The molecule has 170 valence electrons. The highest BCUT2D eigenvalue weighted by atomic mass is 19.4. The maximum atomic E-state index is 12.0. The monoisotopic (exact) mass is 451 g/mol. The van der Waals surface area contributed by atoms with Crippen LogP contribution in [0, 0.1) is 12.8 Å². The van der Waals surface area contributed by atoms with E-state index in [0.29, 0.717) is 19.0 Å². The molecule has 4 rings (SSSR count). The quantitative estimate of drug-likeness (QED) is 0.637. The van der Waals surface area contributed by atoms with Gasteiger partial charge in [0.1, 0.15) is 5.82 Å². The molecule has 0 spiro atoms. The third-order valence-corrected chi connectivity index (χ3v) is 4.58. The Morgan fingerprint density at radius 2 is 1.88 bits per heavy atom. The smallest absolute Gasteiger partial charge is 0.475 e. The van der Waals surface area contributed by atoms with E-state index < -0.39 is 12.1 Å². The first kappa shape index (κ1) is 22.9. The zero-order valence-corrected chi connectivity index (χ0v) is 17.0. The van der Waals surface area contributed by atoms with Crippen LogP contribution in [-0.2, 0) is 24.4 Å². The summed E-state index contributed by atoms with van der Waals surface area (Å²) in [5.41, 5.74) is 0.937. The fraction of sp³-hybridized carbons (Fsp3) is 0.368. The van der Waals surface area contributed by atoms with Crippen molar-refractivity contribution in [2.24, 2.45) is 5.92 Å². The van der Waals surface area contributed by atoms with E-state index in [1.807, 2.05) is 25.5 Å². The Morgan fingerprint density at radius 1 is 1.19 bits per heavy atom. The van der Waals surface area contributed by atoms with Crippen molar-refractivity contribution in [2.45, 2.75) is 32.7 Å². The molecule has 0 radical (unpaired) electrons. The summed E-state index contributed by atoms with van der Waals surface area (Å²) < 4.78 is 35.4. The average Bonchev–Trinajstić information content (AvgIpc) is 3.08. The molecular weight excluding hydrogens is 431 g/mol. The fourth-order valence-corrected chi connectivity index (χ4v) is 3.13. The van der Waals surface area contributed by atoms with Crippen molar-refractivity contribution in [3.63, 3.8) is 0 Å². The van der Waals surface area contributed by atoms with Crippen molar-refractivity contribution in [1.29, 1.82) is 0 Å². The van der Waals surface area contributed by atoms with Gasteiger partial charge in [-0.2, -0.15) is 18.3 Å². The van der Waals surface area contributed by atoms with Gasteiger partial charge in [-0.15, -0.1) is 0 Å². The van der Waals surface area contributed by atoms with E-state index in [9.17, 15) is 18.0 Å². The van der Waals surface area contributed by atoms with Crippen LogP contribution >= 0.6 is 0 Å². The Hall–Kier alpha value is -3.77. The molecule has 1 N–H and O–H groups in total. The van der Waals surface area contributed by atoms with Crippen molar-refractivity contribution in [1.82, 2.24) is 29.3 Å². The maximum Gasteiger partial charge on any atom is 0.490 e. The van der Waals surface area contributed by atoms with Gasteiger partial charge in [-0.25, -0.2) is 24.4 Å². The second kappa shape index (κ2) is 9.58. The van der Waals surface area contributed by atoms with E-state index in [4.69, 9.17) is 9.90 Å². The molecule has 4 heterocycles. The molecule has 0 bridgehead atoms. The van der Waals surface area contributed by atoms with E-state index >= 15 is 0 Å². The predicted molar refractivity (Wildman–Crippen MR) is 106 cm³/mol. The van der Waals surface area contributed by atoms with Crippen LogP contribution in [0.4, 0.5) is 19.1 Å². The van der Waals surface area contributed by atoms with Crippen LogP contribution in [0.25, 0.3) is 0 Å². The lowest BCUT2D eigenvalue weighted by molar-refractivity contribution is -0.192. The summed E-state index contributed by atoms with van der Waals surface area (Å²) in [4.78, 5) is 36.4. The Kier molecular flexibility index (Phi) is 6.85. The van der Waals surface area contributed by atoms with Gasteiger partial charge in [-0.3, -0.25) is 4.79 Å². The van der Waals surface area contributed by atoms with Crippen molar-refractivity contribution in [2.75, 3.05) is 11.4 Å². The number of nitrogens with zero attached hydrogens (tertiary/aromatic N) is 7. The Bertz CT molecular complexity index is 1110. The first-order chi connectivity index (χ1) is 15.1. The van der Waals surface area contributed by atoms with Gasteiger partial charge in [0, 0.05) is 56.1 Å². The Labute approximate surface area is 180 Å². The third-order valence-electron chi connectivity index (χ3n) is 4.58. The SMILES string of the molecule is Cc1cnc(N2Cc3nccn3CC(Cn3ncccc3=O)C2)nc1.O=C(O)C(F)(F)F. The standard InChI is InChI=1S/C17H19N7O.C2HF3O2/c1-13-7-19-17(20-8-13)23-10-14(9-22-6-5-18-15(22)12-23)11-24-16(25)3-2-4-21-24;3-2(4,5)1(6)7/h2-8,14H,9-12H2,1H3;(H,6,7). The highest BCUT2D eigenvalue weighted by Crippen LogP contribution is 2.20. The van der Waals surface area contributed by atoms with E-state index in [2.05, 4.69) is 29.5 Å². The first-order valence-electron chi connectivity index (χ1n) is 9.49. The number of aromatic nitrogens is 6. The van der Waals surface area contributed by atoms with Gasteiger partial charge in [0.15, 0.2) is 0 Å². The number of rotatable bonds is 3. The highest BCUT2D eigenvalue weighted by molar-refractivity contribution is 5.73. The van der Waals surface area contributed by atoms with Gasteiger partial charge in [0.25, 0.3) is 5.56 Å². The molecule has 13 heteroatoms. The lowest BCUT2D eigenvalue weighted by Crippen LogP contribution is -2.34. The number of imidazole rings is 1. The molecule has 0 amide bonds. The topological polar surface area (TPSA) is 119 Å². The molecule has 1 aliphatic rings. The lowest BCUT2D eigenvalue weighted by Gasteiger charge is -2.24. The summed E-state index contributed by atoms with van der Waals surface area (Å²) >= 11 is 0. The minimum atomic E-state index is -5.08. The van der Waals surface area contributed by atoms with Gasteiger partial charge in [-0.05, 0) is 18.6 Å². The number of fused-ring (bicyclic) bond motifs is 1. The predicted octanol–water partition coefficient (Wildman–Crippen LogP) is 1.51. The number of hydrogen-bond acceptors (Lipinski definition) is 7. The van der Waals surface area contributed by atoms with Crippen LogP contribution in [-0.4, -0.2) is 53.1 Å². The van der Waals surface area contributed by atoms with Crippen molar-refractivity contribution >= 4 is 11.9 Å². The van der Waals surface area contributed by atoms with Crippen molar-refractivity contribution in [3.05, 3.63) is 64.9 Å². The molecule has 3 aromatic rings. The molecule has 0 saturated carbocycles. The summed E-state index contributed by atoms with van der Waals surface area (Å²) in [7, 11) is 0. The van der Waals surface area contributed by atoms with Crippen molar-refractivity contribution in [3.8, 4) is 0 Å². The molecule has 0 aliphatic carbocycles. The molecular formula is C19H20F3N7O3. The largest absolute Gasteiger partial charge is 0.490 e. The molecule has 0 fully saturated rings. The Balaban J connectivity index is 0.000000360. The second-order valence-corrected chi connectivity index (χ2v) is 7.15. The van der Waals surface area contributed by atoms with Crippen LogP contribution in [0.2, 0.25) is 0 Å². The summed E-state index contributed by atoms with van der Waals surface area (Å²) in [6.07, 6.45) is 3.97. The number of carboxylic acids is 1. The van der Waals surface area contributed by atoms with Gasteiger partial charge in [0.2, 0.25) is 5.95 Å². The van der Waals surface area contributed by atoms with Crippen LogP contribution in [0.15, 0.2) is 47.9 Å². The molecule has 3 aromatic heterocycles. The lowest BCUT2D eigenvalue weighted by atomic mass is 10.1. The fourth-order valence-electron chi connectivity index (χ4n) is 3.13. The van der Waals surface area contributed by atoms with Gasteiger partial charge in [0.05, 0.1) is 13.1 Å². The van der Waals surface area contributed by atoms with E-state index in [0.717, 1.165) is 24.5 Å². The molecule has 10 nitrogen and oxygen atoms in total. The van der Waals surface area contributed by atoms with E-state index in [1.165, 1.54) is 10.7 Å². The van der Waals surface area contributed by atoms with Gasteiger partial charge < -0.3 is 14.6 Å². The third kappa shape index (κ3) is 5.89. The highest BCUT2D eigenvalue weighted by Gasteiger charge is 2.38. The van der Waals surface area contributed by atoms with Crippen LogP contribution < -0.4 is 10.5 Å². The minimum Gasteiger partial charge on any atom is -0.475 e. The van der Waals surface area contributed by atoms with Crippen LogP contribution in [0.3, 0.4) is 0 Å². The number of anilines is 1. The summed E-state index contributed by atoms with van der Waals surface area (Å²) in [5.74, 6) is -0.916. The van der Waals surface area contributed by atoms with Crippen LogP contribution in [0.5, 0.6) is 0 Å². The Morgan fingerprint density at radius 3 is 2.50 bits per heavy atom. The molecule has 1 unspecified atom stereocenters. The number of halogens is 3. The van der Waals surface area contributed by atoms with E-state index in [-0.39, 0.29) is 11.5 Å². The van der Waals surface area contributed by atoms with Crippen LogP contribution in [0.1, 0.15) is 11.4 Å². The summed E-state index contributed by atoms with van der Waals surface area (Å²) in [6, 6.07) is 3.19. The number of aliphatic carboxylic acids is 1. The van der Waals surface area contributed by atoms with Gasteiger partial charge >= 0.3 is 12.1 Å². The number of carbonyl (C=O) groups is 1. The minimum absolute atomic E-state index is 0.0873. The van der Waals surface area contributed by atoms with E-state index in [1.54, 1.807) is 18.5 Å². The zero-order valence-electron chi connectivity index (χ0n) is 17.0. The number of carboxylic acid groups (broad SMARTS) is 1. The molecule has 0 aromatic carbocycles. The van der Waals surface area contributed by atoms with Crippen molar-refractivity contribution < 1.29 is 23.1 Å². The average molecular weight is 451 g/mol. The first-order valence-corrected chi connectivity index (χ1v) is 9.49. The number of alkyl halides is 3. The molecule has 1 atom stereocenters. The number of aryl methyl sites for hydroxylation is 1. The second-order valence-electron chi connectivity index (χ2n) is 7.15. The number of hydrogen-bond donors (Lipinski definition) is 1. The molecule has 1 aliphatic heterocycles.